The fraction of sp³-hybridized carbons (Fsp3) is 0.611. The number of aliphatic hydroxyl groups is 1. The molecule has 1 atom stereocenters. The van der Waals surface area contributed by atoms with Crippen molar-refractivity contribution in [1.82, 2.24) is 10.2 Å². The highest BCUT2D eigenvalue weighted by molar-refractivity contribution is 5.80. The lowest BCUT2D eigenvalue weighted by molar-refractivity contribution is 0.151. The summed E-state index contributed by atoms with van der Waals surface area (Å²) in [4.78, 5) is 6.84. The van der Waals surface area contributed by atoms with E-state index in [1.165, 1.54) is 31.7 Å². The van der Waals surface area contributed by atoms with Crippen LogP contribution >= 0.6 is 0 Å². The van der Waals surface area contributed by atoms with Crippen LogP contribution in [0.15, 0.2) is 29.3 Å². The van der Waals surface area contributed by atoms with Crippen molar-refractivity contribution in [2.45, 2.75) is 38.7 Å². The number of likely N-dealkylation sites (tertiary alicyclic amines) is 1. The Hall–Kier alpha value is -1.62. The van der Waals surface area contributed by atoms with Gasteiger partial charge in [0.25, 0.3) is 0 Å². The molecular weight excluding hydrogens is 293 g/mol. The Kier molecular flexibility index (Phi) is 4.85. The molecule has 5 heteroatoms. The first-order chi connectivity index (χ1) is 11.1. The van der Waals surface area contributed by atoms with Crippen LogP contribution in [0.1, 0.15) is 44.3 Å². The maximum atomic E-state index is 13.7. The van der Waals surface area contributed by atoms with Crippen molar-refractivity contribution in [2.75, 3.05) is 26.2 Å². The van der Waals surface area contributed by atoms with E-state index in [9.17, 15) is 9.50 Å². The molecule has 2 fully saturated rings. The number of aliphatic hydroxyl groups excluding tert-OH is 1. The molecule has 3 rings (SSSR count). The quantitative estimate of drug-likeness (QED) is 0.663. The molecule has 2 aliphatic rings. The van der Waals surface area contributed by atoms with E-state index in [2.05, 4.69) is 15.2 Å². The number of nitrogens with one attached hydrogen (secondary N) is 1. The van der Waals surface area contributed by atoms with Gasteiger partial charge in [-0.15, -0.1) is 0 Å². The van der Waals surface area contributed by atoms with E-state index in [0.717, 1.165) is 25.6 Å². The largest absolute Gasteiger partial charge is 0.386 e. The number of benzene rings is 1. The Labute approximate surface area is 137 Å². The van der Waals surface area contributed by atoms with Gasteiger partial charge in [0.2, 0.25) is 0 Å². The van der Waals surface area contributed by atoms with Crippen LogP contribution in [-0.4, -0.2) is 42.1 Å². The summed E-state index contributed by atoms with van der Waals surface area (Å²) in [6.45, 7) is 5.07. The Balaban J connectivity index is 1.66. The van der Waals surface area contributed by atoms with Gasteiger partial charge in [-0.25, -0.2) is 4.39 Å². The highest BCUT2D eigenvalue weighted by Gasteiger charge is 2.43. The first kappa shape index (κ1) is 16.2. The van der Waals surface area contributed by atoms with Crippen LogP contribution in [0.2, 0.25) is 0 Å². The minimum Gasteiger partial charge on any atom is -0.386 e. The van der Waals surface area contributed by atoms with Gasteiger partial charge in [-0.2, -0.15) is 0 Å². The number of rotatable bonds is 4. The number of aliphatic imine (C=N–C) groups is 1. The maximum Gasteiger partial charge on any atom is 0.194 e. The highest BCUT2D eigenvalue weighted by atomic mass is 19.1. The number of hydrogen-bond donors (Lipinski definition) is 2. The van der Waals surface area contributed by atoms with Crippen LogP contribution in [0.4, 0.5) is 4.39 Å². The predicted molar refractivity (Wildman–Crippen MR) is 89.8 cm³/mol. The average molecular weight is 319 g/mol. The molecule has 1 aliphatic heterocycles. The Morgan fingerprint density at radius 2 is 2.17 bits per heavy atom. The van der Waals surface area contributed by atoms with Crippen molar-refractivity contribution in [2.24, 2.45) is 10.4 Å². The van der Waals surface area contributed by atoms with Gasteiger partial charge in [-0.05, 0) is 37.7 Å². The van der Waals surface area contributed by atoms with Gasteiger partial charge in [0.15, 0.2) is 5.96 Å². The van der Waals surface area contributed by atoms with Gasteiger partial charge in [-0.3, -0.25) is 4.99 Å². The number of guanidine groups is 1. The zero-order valence-electron chi connectivity index (χ0n) is 13.8. The summed E-state index contributed by atoms with van der Waals surface area (Å²) >= 11 is 0. The van der Waals surface area contributed by atoms with Crippen molar-refractivity contribution in [3.63, 3.8) is 0 Å². The van der Waals surface area contributed by atoms with Crippen LogP contribution < -0.4 is 5.32 Å². The molecule has 2 N–H and O–H groups in total. The molecule has 1 heterocycles. The fourth-order valence-electron chi connectivity index (χ4n) is 3.64. The standard InChI is InChI=1S/C18H26FN3O/c1-2-20-17(22-11-10-18(13-22)8-5-9-18)21-12-16(23)14-6-3-4-7-15(14)19/h3-4,6-7,16,23H,2,5,8-13H2,1H3,(H,20,21). The second-order valence-electron chi connectivity index (χ2n) is 6.76. The molecule has 1 spiro atoms. The zero-order chi connectivity index (χ0) is 16.3. The van der Waals surface area contributed by atoms with E-state index < -0.39 is 6.10 Å². The molecule has 0 radical (unpaired) electrons. The summed E-state index contributed by atoms with van der Waals surface area (Å²) in [5, 5.41) is 13.5. The number of hydrogen-bond acceptors (Lipinski definition) is 2. The molecule has 126 valence electrons. The van der Waals surface area contributed by atoms with Crippen molar-refractivity contribution in [1.29, 1.82) is 0 Å². The van der Waals surface area contributed by atoms with Crippen LogP contribution in [0.25, 0.3) is 0 Å². The van der Waals surface area contributed by atoms with Gasteiger partial charge in [-0.1, -0.05) is 24.6 Å². The summed E-state index contributed by atoms with van der Waals surface area (Å²) in [6, 6.07) is 6.34. The molecule has 1 saturated heterocycles. The fourth-order valence-corrected chi connectivity index (χ4v) is 3.64. The molecule has 1 aromatic rings. The summed E-state index contributed by atoms with van der Waals surface area (Å²) in [7, 11) is 0. The minimum absolute atomic E-state index is 0.173. The van der Waals surface area contributed by atoms with E-state index in [4.69, 9.17) is 0 Å². The van der Waals surface area contributed by atoms with Crippen LogP contribution in [0, 0.1) is 11.2 Å². The molecule has 0 bridgehead atoms. The van der Waals surface area contributed by atoms with E-state index in [1.54, 1.807) is 18.2 Å². The van der Waals surface area contributed by atoms with Gasteiger partial charge >= 0.3 is 0 Å². The summed E-state index contributed by atoms with van der Waals surface area (Å²) in [5.41, 5.74) is 0.810. The Bertz CT molecular complexity index is 571. The lowest BCUT2D eigenvalue weighted by atomic mass is 9.68. The molecule has 0 amide bonds. The third kappa shape index (κ3) is 3.50. The normalized spacial score (nSPS) is 21.3. The molecule has 23 heavy (non-hydrogen) atoms. The van der Waals surface area contributed by atoms with Crippen molar-refractivity contribution in [3.05, 3.63) is 35.6 Å². The van der Waals surface area contributed by atoms with Gasteiger partial charge in [0.05, 0.1) is 6.54 Å². The SMILES string of the molecule is CCNC(=NCC(O)c1ccccc1F)N1CCC2(CCC2)C1. The number of halogens is 1. The van der Waals surface area contributed by atoms with Crippen LogP contribution in [0.5, 0.6) is 0 Å². The van der Waals surface area contributed by atoms with Crippen molar-refractivity contribution >= 4 is 5.96 Å². The summed E-state index contributed by atoms with van der Waals surface area (Å²) < 4.78 is 13.7. The predicted octanol–water partition coefficient (Wildman–Crippen LogP) is 2.70. The average Bonchev–Trinajstić information content (AvgIpc) is 2.97. The van der Waals surface area contributed by atoms with Crippen molar-refractivity contribution in [3.8, 4) is 0 Å². The Morgan fingerprint density at radius 1 is 1.39 bits per heavy atom. The van der Waals surface area contributed by atoms with Crippen LogP contribution in [-0.2, 0) is 0 Å². The third-order valence-corrected chi connectivity index (χ3v) is 5.17. The smallest absolute Gasteiger partial charge is 0.194 e. The third-order valence-electron chi connectivity index (χ3n) is 5.17. The monoisotopic (exact) mass is 319 g/mol. The van der Waals surface area contributed by atoms with E-state index in [0.29, 0.717) is 11.0 Å². The van der Waals surface area contributed by atoms with E-state index in [1.807, 2.05) is 6.92 Å². The van der Waals surface area contributed by atoms with Crippen LogP contribution in [0.3, 0.4) is 0 Å². The molecule has 4 nitrogen and oxygen atoms in total. The summed E-state index contributed by atoms with van der Waals surface area (Å²) in [6.07, 6.45) is 4.30. The lowest BCUT2D eigenvalue weighted by Crippen LogP contribution is -2.42. The van der Waals surface area contributed by atoms with Gasteiger partial charge in [0, 0.05) is 25.2 Å². The molecule has 0 aromatic heterocycles. The molecule has 1 unspecified atom stereocenters. The number of nitrogens with zero attached hydrogens (tertiary/aromatic N) is 2. The van der Waals surface area contributed by atoms with Gasteiger partial charge < -0.3 is 15.3 Å². The topological polar surface area (TPSA) is 47.9 Å². The van der Waals surface area contributed by atoms with Gasteiger partial charge in [0.1, 0.15) is 11.9 Å². The highest BCUT2D eigenvalue weighted by Crippen LogP contribution is 2.47. The molecule has 1 aromatic carbocycles. The first-order valence-electron chi connectivity index (χ1n) is 8.59. The minimum atomic E-state index is -0.912. The maximum absolute atomic E-state index is 13.7. The molecule has 1 saturated carbocycles. The zero-order valence-corrected chi connectivity index (χ0v) is 13.8. The Morgan fingerprint density at radius 3 is 2.78 bits per heavy atom. The lowest BCUT2D eigenvalue weighted by Gasteiger charge is -2.38. The second kappa shape index (κ2) is 6.87. The molecular formula is C18H26FN3O. The molecule has 1 aliphatic carbocycles. The van der Waals surface area contributed by atoms with E-state index >= 15 is 0 Å². The second-order valence-corrected chi connectivity index (χ2v) is 6.76. The first-order valence-corrected chi connectivity index (χ1v) is 8.59. The van der Waals surface area contributed by atoms with Crippen molar-refractivity contribution < 1.29 is 9.50 Å². The van der Waals surface area contributed by atoms with E-state index in [-0.39, 0.29) is 12.4 Å². The summed E-state index contributed by atoms with van der Waals surface area (Å²) in [5.74, 6) is 0.460.